The number of benzene rings is 2. The maximum Gasteiger partial charge on any atom is 0.137 e. The van der Waals surface area contributed by atoms with Crippen LogP contribution in [-0.2, 0) is 0 Å². The molecule has 0 atom stereocenters. The van der Waals surface area contributed by atoms with E-state index in [1.54, 1.807) is 0 Å². The van der Waals surface area contributed by atoms with Crippen molar-refractivity contribution >= 4 is 17.2 Å². The van der Waals surface area contributed by atoms with Crippen molar-refractivity contribution in [2.75, 3.05) is 0 Å². The highest BCUT2D eigenvalue weighted by atomic mass is 32.1. The smallest absolute Gasteiger partial charge is 0.137 e. The Balaban J connectivity index is 2.37. The third-order valence-electron chi connectivity index (χ3n) is 2.47. The van der Waals surface area contributed by atoms with Gasteiger partial charge in [0.1, 0.15) is 16.5 Å². The van der Waals surface area contributed by atoms with Crippen molar-refractivity contribution in [3.05, 3.63) is 59.7 Å². The van der Waals surface area contributed by atoms with Gasteiger partial charge in [-0.3, -0.25) is 0 Å². The van der Waals surface area contributed by atoms with Crippen molar-refractivity contribution in [3.8, 4) is 11.5 Å². The number of hydrogen-bond donors (Lipinski definition) is 1. The molecule has 0 unspecified atom stereocenters. The topological polar surface area (TPSA) is 35.2 Å². The molecule has 0 spiro atoms. The molecule has 2 N–H and O–H groups in total. The van der Waals surface area contributed by atoms with E-state index in [1.807, 2.05) is 55.5 Å². The molecule has 0 aliphatic carbocycles. The predicted molar refractivity (Wildman–Crippen MR) is 73.6 cm³/mol. The Morgan fingerprint density at radius 2 is 1.59 bits per heavy atom. The number of aryl methyl sites for hydroxylation is 1. The first-order chi connectivity index (χ1) is 8.18. The normalized spacial score (nSPS) is 9.94. The Kier molecular flexibility index (Phi) is 3.40. The van der Waals surface area contributed by atoms with Gasteiger partial charge in [0, 0.05) is 0 Å². The minimum absolute atomic E-state index is 0.342. The van der Waals surface area contributed by atoms with E-state index in [4.69, 9.17) is 22.7 Å². The van der Waals surface area contributed by atoms with Crippen molar-refractivity contribution in [1.82, 2.24) is 0 Å². The Bertz CT molecular complexity index is 551. The van der Waals surface area contributed by atoms with E-state index in [2.05, 4.69) is 0 Å². The fourth-order valence-corrected chi connectivity index (χ4v) is 1.72. The summed E-state index contributed by atoms with van der Waals surface area (Å²) < 4.78 is 5.83. The van der Waals surface area contributed by atoms with Crippen molar-refractivity contribution in [3.63, 3.8) is 0 Å². The fraction of sp³-hybridized carbons (Fsp3) is 0.0714. The number of para-hydroxylation sites is 2. The summed E-state index contributed by atoms with van der Waals surface area (Å²) in [6.45, 7) is 2.00. The summed E-state index contributed by atoms with van der Waals surface area (Å²) in [5.74, 6) is 1.51. The van der Waals surface area contributed by atoms with Gasteiger partial charge < -0.3 is 10.5 Å². The molecular weight excluding hydrogens is 230 g/mol. The van der Waals surface area contributed by atoms with E-state index in [1.165, 1.54) is 0 Å². The molecule has 0 bridgehead atoms. The van der Waals surface area contributed by atoms with Crippen LogP contribution in [0.3, 0.4) is 0 Å². The molecule has 2 aromatic carbocycles. The summed E-state index contributed by atoms with van der Waals surface area (Å²) >= 11 is 5.00. The highest BCUT2D eigenvalue weighted by Crippen LogP contribution is 2.27. The van der Waals surface area contributed by atoms with Gasteiger partial charge in [-0.15, -0.1) is 0 Å². The lowest BCUT2D eigenvalue weighted by Gasteiger charge is -2.11. The largest absolute Gasteiger partial charge is 0.456 e. The van der Waals surface area contributed by atoms with Crippen molar-refractivity contribution < 1.29 is 4.74 Å². The molecule has 2 aromatic rings. The standard InChI is InChI=1S/C14H13NOS/c1-10-6-2-4-8-12(10)16-13-9-5-3-7-11(13)14(15)17/h2-9H,1H3,(H2,15,17). The number of nitrogens with two attached hydrogens (primary N) is 1. The second-order valence-corrected chi connectivity index (χ2v) is 4.17. The van der Waals surface area contributed by atoms with Crippen LogP contribution in [0.25, 0.3) is 0 Å². The Morgan fingerprint density at radius 1 is 1.00 bits per heavy atom. The van der Waals surface area contributed by atoms with E-state index in [0.29, 0.717) is 10.7 Å². The van der Waals surface area contributed by atoms with Gasteiger partial charge in [-0.25, -0.2) is 0 Å². The van der Waals surface area contributed by atoms with Gasteiger partial charge in [-0.1, -0.05) is 42.5 Å². The summed E-state index contributed by atoms with van der Waals surface area (Å²) in [5.41, 5.74) is 7.49. The van der Waals surface area contributed by atoms with Crippen LogP contribution in [0.4, 0.5) is 0 Å². The van der Waals surface area contributed by atoms with Crippen LogP contribution in [0.2, 0.25) is 0 Å². The SMILES string of the molecule is Cc1ccccc1Oc1ccccc1C(N)=S. The summed E-state index contributed by atoms with van der Waals surface area (Å²) in [5, 5.41) is 0. The van der Waals surface area contributed by atoms with E-state index >= 15 is 0 Å². The molecule has 0 heterocycles. The molecule has 0 radical (unpaired) electrons. The molecule has 0 aliphatic rings. The molecule has 17 heavy (non-hydrogen) atoms. The van der Waals surface area contributed by atoms with Crippen LogP contribution in [-0.4, -0.2) is 4.99 Å². The lowest BCUT2D eigenvalue weighted by Crippen LogP contribution is -2.10. The Morgan fingerprint density at radius 3 is 2.24 bits per heavy atom. The number of hydrogen-bond acceptors (Lipinski definition) is 2. The van der Waals surface area contributed by atoms with Crippen molar-refractivity contribution in [1.29, 1.82) is 0 Å². The Labute approximate surface area is 106 Å². The average molecular weight is 243 g/mol. The molecule has 2 rings (SSSR count). The van der Waals surface area contributed by atoms with E-state index in [0.717, 1.165) is 16.9 Å². The van der Waals surface area contributed by atoms with E-state index in [-0.39, 0.29) is 0 Å². The van der Waals surface area contributed by atoms with Crippen LogP contribution in [0, 0.1) is 6.92 Å². The fourth-order valence-electron chi connectivity index (χ4n) is 1.55. The lowest BCUT2D eigenvalue weighted by molar-refractivity contribution is 0.478. The van der Waals surface area contributed by atoms with Gasteiger partial charge in [0.2, 0.25) is 0 Å². The third-order valence-corrected chi connectivity index (χ3v) is 2.69. The molecule has 86 valence electrons. The number of ether oxygens (including phenoxy) is 1. The summed E-state index contributed by atoms with van der Waals surface area (Å²) in [7, 11) is 0. The van der Waals surface area contributed by atoms with E-state index < -0.39 is 0 Å². The summed E-state index contributed by atoms with van der Waals surface area (Å²) in [6.07, 6.45) is 0. The summed E-state index contributed by atoms with van der Waals surface area (Å²) in [4.78, 5) is 0.342. The molecule has 0 saturated carbocycles. The monoisotopic (exact) mass is 243 g/mol. The lowest BCUT2D eigenvalue weighted by atomic mass is 10.2. The van der Waals surface area contributed by atoms with Crippen LogP contribution < -0.4 is 10.5 Å². The van der Waals surface area contributed by atoms with E-state index in [9.17, 15) is 0 Å². The molecular formula is C14H13NOS. The zero-order valence-corrected chi connectivity index (χ0v) is 10.3. The molecule has 0 amide bonds. The second kappa shape index (κ2) is 4.97. The quantitative estimate of drug-likeness (QED) is 0.839. The number of rotatable bonds is 3. The first-order valence-electron chi connectivity index (χ1n) is 5.31. The van der Waals surface area contributed by atoms with Gasteiger partial charge in [0.15, 0.2) is 0 Å². The summed E-state index contributed by atoms with van der Waals surface area (Å²) in [6, 6.07) is 15.3. The third kappa shape index (κ3) is 2.63. The van der Waals surface area contributed by atoms with Crippen LogP contribution >= 0.6 is 12.2 Å². The van der Waals surface area contributed by atoms with Crippen LogP contribution in [0.1, 0.15) is 11.1 Å². The minimum Gasteiger partial charge on any atom is -0.456 e. The van der Waals surface area contributed by atoms with Gasteiger partial charge in [0.25, 0.3) is 0 Å². The minimum atomic E-state index is 0.342. The highest BCUT2D eigenvalue weighted by molar-refractivity contribution is 7.80. The maximum atomic E-state index is 5.83. The van der Waals surface area contributed by atoms with Crippen molar-refractivity contribution in [2.24, 2.45) is 5.73 Å². The number of thiocarbonyl (C=S) groups is 1. The Hall–Kier alpha value is -1.87. The second-order valence-electron chi connectivity index (χ2n) is 3.73. The molecule has 0 saturated heterocycles. The highest BCUT2D eigenvalue weighted by Gasteiger charge is 2.07. The molecule has 2 nitrogen and oxygen atoms in total. The molecule has 3 heteroatoms. The zero-order valence-electron chi connectivity index (χ0n) is 9.51. The van der Waals surface area contributed by atoms with Gasteiger partial charge >= 0.3 is 0 Å². The zero-order chi connectivity index (χ0) is 12.3. The van der Waals surface area contributed by atoms with Crippen LogP contribution in [0.5, 0.6) is 11.5 Å². The average Bonchev–Trinajstić information content (AvgIpc) is 2.32. The van der Waals surface area contributed by atoms with Crippen LogP contribution in [0.15, 0.2) is 48.5 Å². The predicted octanol–water partition coefficient (Wildman–Crippen LogP) is 3.42. The first kappa shape index (κ1) is 11.6. The maximum absolute atomic E-state index is 5.83. The first-order valence-corrected chi connectivity index (χ1v) is 5.71. The molecule has 0 aromatic heterocycles. The van der Waals surface area contributed by atoms with Gasteiger partial charge in [-0.2, -0.15) is 0 Å². The van der Waals surface area contributed by atoms with Crippen molar-refractivity contribution in [2.45, 2.75) is 6.92 Å². The van der Waals surface area contributed by atoms with Gasteiger partial charge in [0.05, 0.1) is 5.56 Å². The molecule has 0 aliphatic heterocycles. The van der Waals surface area contributed by atoms with Gasteiger partial charge in [-0.05, 0) is 30.7 Å². The molecule has 0 fully saturated rings.